The summed E-state index contributed by atoms with van der Waals surface area (Å²) in [5, 5.41) is 14.1. The Labute approximate surface area is 314 Å². The van der Waals surface area contributed by atoms with Crippen molar-refractivity contribution < 1.29 is 37.8 Å². The van der Waals surface area contributed by atoms with Crippen molar-refractivity contribution in [3.8, 4) is 0 Å². The van der Waals surface area contributed by atoms with Crippen LogP contribution in [0.25, 0.3) is 0 Å². The standard InChI is InChI=1S/C36H58ClN3O10Si2/c1-34(2,3)48-31(43)25(38-32(44)46-21-23-17-15-14-16-18-23)26(42)27-28(49-51(10,11)35(4,5)6)29(50-52(12,13)36(7,8)9)30(47-27)39-20-19-24(41)40(22-37)33(39)45/h14-20,25-30,42H,21-22H2,1-13H3,(H,38,44)/t25-,26-,27+,28?,29?,30+/m0/s1. The molecule has 2 unspecified atom stereocenters. The second-order valence-corrected chi connectivity index (χ2v) is 27.0. The number of carbonyl (C=O) groups is 2. The Hall–Kier alpha value is -2.80. The first-order chi connectivity index (χ1) is 23.7. The first-order valence-electron chi connectivity index (χ1n) is 17.5. The van der Waals surface area contributed by atoms with E-state index in [1.54, 1.807) is 45.0 Å². The van der Waals surface area contributed by atoms with Crippen LogP contribution in [-0.4, -0.2) is 79.0 Å². The van der Waals surface area contributed by atoms with Crippen LogP contribution < -0.4 is 16.6 Å². The van der Waals surface area contributed by atoms with Crippen LogP contribution in [0, 0.1) is 0 Å². The van der Waals surface area contributed by atoms with E-state index < -0.39 is 88.2 Å². The highest BCUT2D eigenvalue weighted by molar-refractivity contribution is 6.74. The fraction of sp³-hybridized carbons (Fsp3) is 0.667. The van der Waals surface area contributed by atoms with Crippen molar-refractivity contribution in [1.29, 1.82) is 0 Å². The lowest BCUT2D eigenvalue weighted by Gasteiger charge is -2.44. The van der Waals surface area contributed by atoms with Crippen molar-refractivity contribution in [3.63, 3.8) is 0 Å². The highest BCUT2D eigenvalue weighted by Gasteiger charge is 2.58. The second kappa shape index (κ2) is 16.3. The number of hydrogen-bond donors (Lipinski definition) is 2. The van der Waals surface area contributed by atoms with E-state index in [9.17, 15) is 24.3 Å². The number of esters is 1. The van der Waals surface area contributed by atoms with Gasteiger partial charge in [0.2, 0.25) is 0 Å². The van der Waals surface area contributed by atoms with Crippen LogP contribution in [0.3, 0.4) is 0 Å². The summed E-state index contributed by atoms with van der Waals surface area (Å²) >= 11 is 6.03. The number of rotatable bonds is 12. The molecular formula is C36H58ClN3O10Si2. The summed E-state index contributed by atoms with van der Waals surface area (Å²) < 4.78 is 33.8. The lowest BCUT2D eigenvalue weighted by molar-refractivity contribution is -0.165. The van der Waals surface area contributed by atoms with Gasteiger partial charge in [0.15, 0.2) is 28.9 Å². The molecule has 1 amide bonds. The Bertz CT molecular complexity index is 1660. The molecule has 0 saturated carbocycles. The highest BCUT2D eigenvalue weighted by atomic mass is 35.5. The molecular weight excluding hydrogens is 726 g/mol. The third-order valence-corrected chi connectivity index (χ3v) is 19.2. The predicted octanol–water partition coefficient (Wildman–Crippen LogP) is 5.88. The second-order valence-electron chi connectivity index (χ2n) is 17.3. The van der Waals surface area contributed by atoms with Gasteiger partial charge in [-0.1, -0.05) is 71.9 Å². The number of benzene rings is 1. The van der Waals surface area contributed by atoms with E-state index in [4.69, 9.17) is 34.7 Å². The van der Waals surface area contributed by atoms with Crippen LogP contribution in [-0.2, 0) is 40.5 Å². The van der Waals surface area contributed by atoms with Gasteiger partial charge in [0.05, 0.1) is 0 Å². The number of hydrogen-bond acceptors (Lipinski definition) is 10. The van der Waals surface area contributed by atoms with Crippen molar-refractivity contribution in [2.45, 2.75) is 153 Å². The molecule has 1 aliphatic rings. The third-order valence-electron chi connectivity index (χ3n) is 10.0. The van der Waals surface area contributed by atoms with Crippen molar-refractivity contribution in [2.24, 2.45) is 0 Å². The van der Waals surface area contributed by atoms with Crippen molar-refractivity contribution in [3.05, 3.63) is 69.0 Å². The minimum Gasteiger partial charge on any atom is -0.458 e. The smallest absolute Gasteiger partial charge is 0.408 e. The molecule has 13 nitrogen and oxygen atoms in total. The van der Waals surface area contributed by atoms with E-state index >= 15 is 0 Å². The van der Waals surface area contributed by atoms with Gasteiger partial charge in [-0.15, -0.1) is 11.6 Å². The molecule has 1 fully saturated rings. The summed E-state index contributed by atoms with van der Waals surface area (Å²) in [5.41, 5.74) is -1.64. The molecule has 2 aromatic rings. The van der Waals surface area contributed by atoms with E-state index in [1.165, 1.54) is 16.8 Å². The van der Waals surface area contributed by atoms with Crippen LogP contribution in [0.1, 0.15) is 74.1 Å². The molecule has 2 N–H and O–H groups in total. The number of nitrogens with zero attached hydrogens (tertiary/aromatic N) is 2. The Kier molecular flexibility index (Phi) is 13.7. The largest absolute Gasteiger partial charge is 0.458 e. The number of nitrogens with one attached hydrogen (secondary N) is 1. The Morgan fingerprint density at radius 2 is 1.44 bits per heavy atom. The van der Waals surface area contributed by atoms with E-state index in [1.807, 2.05) is 32.3 Å². The van der Waals surface area contributed by atoms with Crippen LogP contribution in [0.5, 0.6) is 0 Å². The molecule has 0 radical (unpaired) electrons. The number of alkyl carbamates (subject to hydrolysis) is 1. The quantitative estimate of drug-likeness (QED) is 0.151. The summed E-state index contributed by atoms with van der Waals surface area (Å²) in [6, 6.07) is 8.07. The molecule has 0 spiro atoms. The minimum atomic E-state index is -2.72. The number of amides is 1. The molecule has 16 heteroatoms. The zero-order valence-corrected chi connectivity index (χ0v) is 35.6. The van der Waals surface area contributed by atoms with Gasteiger partial charge in [0.1, 0.15) is 42.6 Å². The first-order valence-corrected chi connectivity index (χ1v) is 23.8. The molecule has 1 aromatic carbocycles. The molecule has 292 valence electrons. The van der Waals surface area contributed by atoms with Crippen molar-refractivity contribution in [2.75, 3.05) is 0 Å². The number of halogens is 1. The fourth-order valence-corrected chi connectivity index (χ4v) is 7.83. The van der Waals surface area contributed by atoms with Gasteiger partial charge in [0, 0.05) is 12.3 Å². The lowest BCUT2D eigenvalue weighted by atomic mass is 9.99. The maximum Gasteiger partial charge on any atom is 0.408 e. The SMILES string of the molecule is CC(C)(C)OC(=O)[C@@H](NC(=O)OCc1ccccc1)[C@H](O)[C@H]1O[C@@H](n2ccc(=O)n(CCl)c2=O)C(O[Si](C)(C)C(C)(C)C)C1O[Si](C)(C)C(C)(C)C. The minimum absolute atomic E-state index is 0.0927. The van der Waals surface area contributed by atoms with Gasteiger partial charge in [-0.05, 0) is 62.6 Å². The summed E-state index contributed by atoms with van der Waals surface area (Å²) in [4.78, 5) is 53.4. The molecule has 3 rings (SSSR count). The average Bonchev–Trinajstić information content (AvgIpc) is 3.33. The van der Waals surface area contributed by atoms with E-state index in [-0.39, 0.29) is 16.7 Å². The summed E-state index contributed by atoms with van der Waals surface area (Å²) in [5.74, 6) is -0.940. The Balaban J connectivity index is 2.22. The number of aliphatic hydroxyl groups is 1. The number of aliphatic hydroxyl groups excluding tert-OH is 1. The van der Waals surface area contributed by atoms with E-state index in [0.717, 1.165) is 4.57 Å². The van der Waals surface area contributed by atoms with E-state index in [0.29, 0.717) is 5.56 Å². The van der Waals surface area contributed by atoms with Gasteiger partial charge < -0.3 is 33.5 Å². The van der Waals surface area contributed by atoms with Crippen molar-refractivity contribution >= 4 is 40.3 Å². The van der Waals surface area contributed by atoms with Crippen molar-refractivity contribution in [1.82, 2.24) is 14.5 Å². The molecule has 0 bridgehead atoms. The van der Waals surface area contributed by atoms with Gasteiger partial charge in [-0.3, -0.25) is 9.36 Å². The molecule has 52 heavy (non-hydrogen) atoms. The van der Waals surface area contributed by atoms with Crippen LogP contribution in [0.2, 0.25) is 36.3 Å². The maximum atomic E-state index is 13.8. The highest BCUT2D eigenvalue weighted by Crippen LogP contribution is 2.46. The topological polar surface area (TPSA) is 157 Å². The molecule has 2 heterocycles. The molecule has 1 saturated heterocycles. The fourth-order valence-electron chi connectivity index (χ4n) is 5.02. The van der Waals surface area contributed by atoms with Gasteiger partial charge in [0.25, 0.3) is 5.56 Å². The number of carbonyl (C=O) groups excluding carboxylic acids is 2. The number of aromatic nitrogens is 2. The average molecular weight is 784 g/mol. The van der Waals surface area contributed by atoms with Crippen LogP contribution in [0.15, 0.2) is 52.2 Å². The first kappa shape index (κ1) is 43.6. The molecule has 1 aromatic heterocycles. The third kappa shape index (κ3) is 10.4. The predicted molar refractivity (Wildman–Crippen MR) is 204 cm³/mol. The van der Waals surface area contributed by atoms with Crippen LogP contribution >= 0.6 is 11.6 Å². The van der Waals surface area contributed by atoms with Crippen LogP contribution in [0.4, 0.5) is 4.79 Å². The summed E-state index contributed by atoms with van der Waals surface area (Å²) in [6.07, 6.45) is -6.15. The zero-order chi connectivity index (χ0) is 39.6. The molecule has 1 aliphatic heterocycles. The normalized spacial score (nSPS) is 21.4. The van der Waals surface area contributed by atoms with Gasteiger partial charge >= 0.3 is 17.8 Å². The monoisotopic (exact) mass is 783 g/mol. The molecule has 0 aliphatic carbocycles. The lowest BCUT2D eigenvalue weighted by Crippen LogP contribution is -2.60. The van der Waals surface area contributed by atoms with Gasteiger partial charge in [-0.2, -0.15) is 0 Å². The number of ether oxygens (including phenoxy) is 3. The Morgan fingerprint density at radius 3 is 1.94 bits per heavy atom. The zero-order valence-electron chi connectivity index (χ0n) is 32.8. The van der Waals surface area contributed by atoms with E-state index in [2.05, 4.69) is 46.9 Å². The Morgan fingerprint density at radius 1 is 0.904 bits per heavy atom. The summed E-state index contributed by atoms with van der Waals surface area (Å²) in [6.45, 7) is 25.3. The summed E-state index contributed by atoms with van der Waals surface area (Å²) in [7, 11) is -5.41. The maximum absolute atomic E-state index is 13.8. The molecule has 6 atom stereocenters. The number of alkyl halides is 1. The van der Waals surface area contributed by atoms with Gasteiger partial charge in [-0.25, -0.2) is 19.0 Å².